The Morgan fingerprint density at radius 2 is 1.83 bits per heavy atom. The number of carbonyl (C=O) groups is 3. The van der Waals surface area contributed by atoms with E-state index < -0.39 is 33.7 Å². The summed E-state index contributed by atoms with van der Waals surface area (Å²) in [5.41, 5.74) is 0.904. The molecule has 1 aromatic heterocycles. The Bertz CT molecular complexity index is 1580. The molecule has 11 nitrogen and oxygen atoms in total. The molecule has 1 aliphatic heterocycles. The number of benzene rings is 2. The van der Waals surface area contributed by atoms with Crippen molar-refractivity contribution in [2.75, 3.05) is 19.6 Å². The first kappa shape index (κ1) is 31.6. The average Bonchev–Trinajstić information content (AvgIpc) is 3.29. The van der Waals surface area contributed by atoms with Crippen LogP contribution in [0.5, 0.6) is 0 Å². The number of halogens is 2. The van der Waals surface area contributed by atoms with Crippen LogP contribution in [-0.4, -0.2) is 60.4 Å². The maximum Gasteiger partial charge on any atom is 0.407 e. The maximum absolute atomic E-state index is 13.7. The van der Waals surface area contributed by atoms with Crippen LogP contribution < -0.4 is 15.4 Å². The van der Waals surface area contributed by atoms with Gasteiger partial charge in [0.2, 0.25) is 5.91 Å². The number of rotatable bonds is 10. The molecule has 2 heterocycles. The third-order valence-electron chi connectivity index (χ3n) is 7.19. The predicted octanol–water partition coefficient (Wildman–Crippen LogP) is 4.14. The number of nitrogens with one attached hydrogen (secondary N) is 3. The molecule has 226 valence electrons. The topological polar surface area (TPSA) is 139 Å². The number of aryl methyl sites for hydroxylation is 1. The van der Waals surface area contributed by atoms with Crippen molar-refractivity contribution in [1.82, 2.24) is 24.2 Å². The second-order valence-electron chi connectivity index (χ2n) is 10.3. The van der Waals surface area contributed by atoms with Gasteiger partial charge >= 0.3 is 16.3 Å². The molecule has 1 atom stereocenters. The smallest absolute Gasteiger partial charge is 0.407 e. The van der Waals surface area contributed by atoms with Gasteiger partial charge < -0.3 is 19.9 Å². The molecule has 0 radical (unpaired) electrons. The normalized spacial score (nSPS) is 17.5. The van der Waals surface area contributed by atoms with Gasteiger partial charge in [-0.25, -0.2) is 9.52 Å². The van der Waals surface area contributed by atoms with Gasteiger partial charge in [-0.2, -0.15) is 12.7 Å². The molecule has 0 bridgehead atoms. The van der Waals surface area contributed by atoms with Gasteiger partial charge in [-0.15, -0.1) is 0 Å². The van der Waals surface area contributed by atoms with E-state index in [9.17, 15) is 22.8 Å². The van der Waals surface area contributed by atoms with Crippen molar-refractivity contribution in [2.24, 2.45) is 7.05 Å². The minimum atomic E-state index is -4.12. The summed E-state index contributed by atoms with van der Waals surface area (Å²) < 4.78 is 35.8. The summed E-state index contributed by atoms with van der Waals surface area (Å²) in [6.07, 6.45) is 1.12. The minimum absolute atomic E-state index is 0.0592. The molecule has 0 aliphatic carbocycles. The Balaban J connectivity index is 1.49. The van der Waals surface area contributed by atoms with E-state index in [-0.39, 0.29) is 26.2 Å². The Kier molecular flexibility index (Phi) is 10.0. The number of hydrogen-bond acceptors (Lipinski definition) is 6. The zero-order valence-electron chi connectivity index (χ0n) is 23.3. The van der Waals surface area contributed by atoms with Crippen molar-refractivity contribution >= 4 is 62.2 Å². The molecule has 4 rings (SSSR count). The number of piperidine rings is 1. The molecule has 14 heteroatoms. The van der Waals surface area contributed by atoms with Crippen molar-refractivity contribution < 1.29 is 27.5 Å². The Morgan fingerprint density at radius 1 is 1.10 bits per heavy atom. The highest BCUT2D eigenvalue weighted by atomic mass is 35.5. The number of fused-ring (bicyclic) bond motifs is 1. The highest BCUT2D eigenvalue weighted by Crippen LogP contribution is 2.33. The molecule has 1 unspecified atom stereocenters. The largest absolute Gasteiger partial charge is 0.445 e. The second-order valence-corrected chi connectivity index (χ2v) is 12.8. The van der Waals surface area contributed by atoms with Crippen molar-refractivity contribution in [3.8, 4) is 0 Å². The van der Waals surface area contributed by atoms with E-state index in [4.69, 9.17) is 27.9 Å². The van der Waals surface area contributed by atoms with Gasteiger partial charge in [-0.1, -0.05) is 53.5 Å². The predicted molar refractivity (Wildman–Crippen MR) is 161 cm³/mol. The SMILES string of the molecule is CC(=O)NS(=O)(=O)N1CCCC(CCCNC(=O)OCc2ccccc2)(NC(=O)c2cc3c(Cl)c(Cl)ccc3n2C)C1. The van der Waals surface area contributed by atoms with Crippen LogP contribution in [-0.2, 0) is 33.4 Å². The summed E-state index contributed by atoms with van der Waals surface area (Å²) in [7, 11) is -2.39. The molecule has 3 aromatic rings. The highest BCUT2D eigenvalue weighted by molar-refractivity contribution is 7.87. The summed E-state index contributed by atoms with van der Waals surface area (Å²) in [6, 6.07) is 14.3. The zero-order valence-corrected chi connectivity index (χ0v) is 25.6. The van der Waals surface area contributed by atoms with Gasteiger partial charge in [0.05, 0.1) is 15.6 Å². The first-order chi connectivity index (χ1) is 19.9. The van der Waals surface area contributed by atoms with Gasteiger partial charge in [-0.05, 0) is 49.4 Å². The molecule has 2 aromatic carbocycles. The van der Waals surface area contributed by atoms with Crippen molar-refractivity contribution in [2.45, 2.75) is 44.8 Å². The number of aromatic nitrogens is 1. The molecular weight excluding hydrogens is 605 g/mol. The molecule has 1 aliphatic rings. The van der Waals surface area contributed by atoms with Crippen LogP contribution in [0.15, 0.2) is 48.5 Å². The van der Waals surface area contributed by atoms with Crippen LogP contribution in [0.1, 0.15) is 48.7 Å². The molecule has 3 amide bonds. The number of nitrogens with zero attached hydrogens (tertiary/aromatic N) is 2. The fraction of sp³-hybridized carbons (Fsp3) is 0.393. The van der Waals surface area contributed by atoms with Gasteiger partial charge in [0.25, 0.3) is 5.91 Å². The quantitative estimate of drug-likeness (QED) is 0.286. The summed E-state index contributed by atoms with van der Waals surface area (Å²) in [6.45, 7) is 1.62. The molecule has 0 saturated carbocycles. The number of alkyl carbamates (subject to hydrolysis) is 1. The van der Waals surface area contributed by atoms with Gasteiger partial charge in [0.1, 0.15) is 12.3 Å². The summed E-state index contributed by atoms with van der Waals surface area (Å²) in [5, 5.41) is 7.08. The van der Waals surface area contributed by atoms with Crippen LogP contribution in [0.25, 0.3) is 10.9 Å². The Hall–Kier alpha value is -3.32. The second kappa shape index (κ2) is 13.3. The van der Waals surface area contributed by atoms with E-state index in [0.29, 0.717) is 52.3 Å². The van der Waals surface area contributed by atoms with Crippen LogP contribution in [0.3, 0.4) is 0 Å². The number of ether oxygens (including phenoxy) is 1. The minimum Gasteiger partial charge on any atom is -0.445 e. The van der Waals surface area contributed by atoms with E-state index in [1.165, 1.54) is 0 Å². The fourth-order valence-electron chi connectivity index (χ4n) is 5.17. The van der Waals surface area contributed by atoms with E-state index in [1.54, 1.807) is 29.8 Å². The summed E-state index contributed by atoms with van der Waals surface area (Å²) >= 11 is 12.6. The lowest BCUT2D eigenvalue weighted by Gasteiger charge is -2.42. The molecule has 42 heavy (non-hydrogen) atoms. The van der Waals surface area contributed by atoms with Gasteiger partial charge in [-0.3, -0.25) is 9.59 Å². The van der Waals surface area contributed by atoms with E-state index in [0.717, 1.165) is 16.8 Å². The van der Waals surface area contributed by atoms with Gasteiger partial charge in [0, 0.05) is 44.5 Å². The fourth-order valence-corrected chi connectivity index (χ4v) is 6.83. The maximum atomic E-state index is 13.7. The van der Waals surface area contributed by atoms with Crippen molar-refractivity contribution in [1.29, 1.82) is 0 Å². The lowest BCUT2D eigenvalue weighted by Crippen LogP contribution is -2.61. The van der Waals surface area contributed by atoms with Crippen LogP contribution >= 0.6 is 23.2 Å². The first-order valence-corrected chi connectivity index (χ1v) is 15.6. The third kappa shape index (κ3) is 7.54. The Morgan fingerprint density at radius 3 is 2.55 bits per heavy atom. The summed E-state index contributed by atoms with van der Waals surface area (Å²) in [5.74, 6) is -1.13. The van der Waals surface area contributed by atoms with Crippen molar-refractivity contribution in [3.63, 3.8) is 0 Å². The van der Waals surface area contributed by atoms with E-state index in [1.807, 2.05) is 35.1 Å². The van der Waals surface area contributed by atoms with Gasteiger partial charge in [0.15, 0.2) is 0 Å². The lowest BCUT2D eigenvalue weighted by molar-refractivity contribution is -0.117. The Labute approximate surface area is 254 Å². The van der Waals surface area contributed by atoms with Crippen LogP contribution in [0, 0.1) is 0 Å². The molecule has 3 N–H and O–H groups in total. The standard InChI is InChI=1S/C28H33Cl2N5O6S/c1-19(36)33-42(39,40)35-15-7-13-28(18-35,12-6-14-31-27(38)41-17-20-8-4-3-5-9-20)32-26(37)24-16-21-23(34(24)2)11-10-22(29)25(21)30/h3-5,8-11,16H,6-7,12-15,17-18H2,1-2H3,(H,31,38)(H,32,37)(H,33,36). The van der Waals surface area contributed by atoms with Crippen LogP contribution in [0.4, 0.5) is 4.79 Å². The van der Waals surface area contributed by atoms with Crippen LogP contribution in [0.2, 0.25) is 10.0 Å². The highest BCUT2D eigenvalue weighted by Gasteiger charge is 2.41. The number of amides is 3. The molecular formula is C28H33Cl2N5O6S. The van der Waals surface area contributed by atoms with E-state index >= 15 is 0 Å². The van der Waals surface area contributed by atoms with Crippen molar-refractivity contribution in [3.05, 3.63) is 69.8 Å². The van der Waals surface area contributed by atoms with E-state index in [2.05, 4.69) is 10.6 Å². The third-order valence-corrected chi connectivity index (χ3v) is 9.55. The lowest BCUT2D eigenvalue weighted by atomic mass is 9.85. The molecule has 1 fully saturated rings. The first-order valence-electron chi connectivity index (χ1n) is 13.4. The zero-order chi connectivity index (χ0) is 30.5. The number of hydrogen-bond donors (Lipinski definition) is 3. The number of carbonyl (C=O) groups excluding carboxylic acids is 3. The molecule has 1 saturated heterocycles. The molecule has 0 spiro atoms. The monoisotopic (exact) mass is 637 g/mol. The average molecular weight is 639 g/mol. The summed E-state index contributed by atoms with van der Waals surface area (Å²) in [4.78, 5) is 37.4.